The SMILES string of the molecule is O=C1CC(Cc2nnc(SCC(=O)Nc3ccc4c(c3)OCO4)n2-c2ccc(F)cc2)NC(=O)N1. The Hall–Kier alpha value is -4.13. The Labute approximate surface area is 202 Å². The first-order valence-electron chi connectivity index (χ1n) is 10.6. The topological polar surface area (TPSA) is 136 Å². The highest BCUT2D eigenvalue weighted by Crippen LogP contribution is 2.34. The summed E-state index contributed by atoms with van der Waals surface area (Å²) in [6.45, 7) is 0.138. The van der Waals surface area contributed by atoms with E-state index >= 15 is 0 Å². The van der Waals surface area contributed by atoms with Crippen molar-refractivity contribution in [3.05, 3.63) is 54.1 Å². The lowest BCUT2D eigenvalue weighted by atomic mass is 10.1. The molecule has 1 saturated heterocycles. The van der Waals surface area contributed by atoms with Crippen molar-refractivity contribution in [2.75, 3.05) is 17.9 Å². The molecule has 35 heavy (non-hydrogen) atoms. The third-order valence-electron chi connectivity index (χ3n) is 5.22. The van der Waals surface area contributed by atoms with Gasteiger partial charge in [0.25, 0.3) is 0 Å². The second-order valence-corrected chi connectivity index (χ2v) is 8.68. The van der Waals surface area contributed by atoms with Crippen molar-refractivity contribution in [3.8, 4) is 17.2 Å². The number of hydrogen-bond donors (Lipinski definition) is 3. The number of nitrogens with one attached hydrogen (secondary N) is 3. The lowest BCUT2D eigenvalue weighted by Crippen LogP contribution is -2.53. The molecule has 1 aromatic heterocycles. The van der Waals surface area contributed by atoms with Crippen LogP contribution in [0.5, 0.6) is 11.5 Å². The quantitative estimate of drug-likeness (QED) is 0.421. The predicted octanol–water partition coefficient (Wildman–Crippen LogP) is 2.01. The van der Waals surface area contributed by atoms with E-state index in [2.05, 4.69) is 26.1 Å². The molecule has 0 spiro atoms. The van der Waals surface area contributed by atoms with Gasteiger partial charge in [0.2, 0.25) is 18.6 Å². The smallest absolute Gasteiger partial charge is 0.321 e. The summed E-state index contributed by atoms with van der Waals surface area (Å²) in [6, 6.07) is 9.78. The van der Waals surface area contributed by atoms with Crippen LogP contribution in [0.2, 0.25) is 0 Å². The molecule has 0 aliphatic carbocycles. The van der Waals surface area contributed by atoms with Gasteiger partial charge in [-0.2, -0.15) is 0 Å². The van der Waals surface area contributed by atoms with Crippen molar-refractivity contribution >= 4 is 35.3 Å². The summed E-state index contributed by atoms with van der Waals surface area (Å²) < 4.78 is 25.8. The van der Waals surface area contributed by atoms with Crippen LogP contribution < -0.4 is 25.4 Å². The number of rotatable bonds is 7. The van der Waals surface area contributed by atoms with Crippen molar-refractivity contribution in [3.63, 3.8) is 0 Å². The number of imide groups is 1. The summed E-state index contributed by atoms with van der Waals surface area (Å²) in [6.07, 6.45) is 0.302. The zero-order chi connectivity index (χ0) is 24.4. The van der Waals surface area contributed by atoms with E-state index in [0.717, 1.165) is 11.8 Å². The number of carbonyl (C=O) groups excluding carboxylic acids is 3. The summed E-state index contributed by atoms with van der Waals surface area (Å²) in [5.41, 5.74) is 1.14. The second kappa shape index (κ2) is 9.62. The number of aromatic nitrogens is 3. The molecule has 1 atom stereocenters. The molecule has 2 aromatic carbocycles. The fourth-order valence-corrected chi connectivity index (χ4v) is 4.47. The van der Waals surface area contributed by atoms with Gasteiger partial charge in [-0.3, -0.25) is 19.5 Å². The summed E-state index contributed by atoms with van der Waals surface area (Å²) >= 11 is 1.14. The first-order chi connectivity index (χ1) is 16.9. The molecule has 3 N–H and O–H groups in total. The van der Waals surface area contributed by atoms with Crippen LogP contribution in [0.1, 0.15) is 12.2 Å². The Bertz CT molecular complexity index is 1280. The van der Waals surface area contributed by atoms with E-state index < -0.39 is 17.9 Å². The van der Waals surface area contributed by atoms with Gasteiger partial charge in [0.1, 0.15) is 11.6 Å². The molecular weight excluding hydrogens is 479 g/mol. The lowest BCUT2D eigenvalue weighted by Gasteiger charge is -2.23. The number of nitrogens with zero attached hydrogens (tertiary/aromatic N) is 3. The maximum Gasteiger partial charge on any atom is 0.321 e. The highest BCUT2D eigenvalue weighted by Gasteiger charge is 2.27. The van der Waals surface area contributed by atoms with Crippen molar-refractivity contribution in [2.24, 2.45) is 0 Å². The third-order valence-corrected chi connectivity index (χ3v) is 6.15. The average Bonchev–Trinajstić information content (AvgIpc) is 3.44. The van der Waals surface area contributed by atoms with Crippen LogP contribution in [0, 0.1) is 5.82 Å². The van der Waals surface area contributed by atoms with Crippen LogP contribution in [0.25, 0.3) is 5.69 Å². The number of fused-ring (bicyclic) bond motifs is 1. The number of amides is 4. The van der Waals surface area contributed by atoms with Gasteiger partial charge in [-0.25, -0.2) is 9.18 Å². The predicted molar refractivity (Wildman–Crippen MR) is 122 cm³/mol. The molecule has 3 aromatic rings. The summed E-state index contributed by atoms with van der Waals surface area (Å²) in [5, 5.41) is 16.5. The molecule has 2 aliphatic heterocycles. The number of benzene rings is 2. The van der Waals surface area contributed by atoms with Gasteiger partial charge in [-0.05, 0) is 36.4 Å². The first-order valence-corrected chi connectivity index (χ1v) is 11.6. The van der Waals surface area contributed by atoms with Crippen LogP contribution >= 0.6 is 11.8 Å². The number of carbonyl (C=O) groups is 3. The Balaban J connectivity index is 1.32. The highest BCUT2D eigenvalue weighted by molar-refractivity contribution is 7.99. The van der Waals surface area contributed by atoms with Gasteiger partial charge in [0, 0.05) is 36.3 Å². The van der Waals surface area contributed by atoms with E-state index in [1.807, 2.05) is 0 Å². The van der Waals surface area contributed by atoms with E-state index in [0.29, 0.717) is 33.9 Å². The average molecular weight is 498 g/mol. The van der Waals surface area contributed by atoms with E-state index in [-0.39, 0.29) is 37.2 Å². The zero-order valence-corrected chi connectivity index (χ0v) is 18.9. The lowest BCUT2D eigenvalue weighted by molar-refractivity contribution is -0.121. The minimum Gasteiger partial charge on any atom is -0.454 e. The summed E-state index contributed by atoms with van der Waals surface area (Å²) in [4.78, 5) is 36.0. The molecule has 0 bridgehead atoms. The minimum absolute atomic E-state index is 0.0241. The molecule has 1 unspecified atom stereocenters. The van der Waals surface area contributed by atoms with Crippen LogP contribution in [0.3, 0.4) is 0 Å². The van der Waals surface area contributed by atoms with E-state index in [1.54, 1.807) is 34.9 Å². The molecule has 13 heteroatoms. The Morgan fingerprint density at radius 1 is 1.14 bits per heavy atom. The molecule has 11 nitrogen and oxygen atoms in total. The molecule has 5 rings (SSSR count). The van der Waals surface area contributed by atoms with Crippen molar-refractivity contribution in [1.82, 2.24) is 25.4 Å². The number of ether oxygens (including phenoxy) is 2. The van der Waals surface area contributed by atoms with Crippen LogP contribution in [0.15, 0.2) is 47.6 Å². The van der Waals surface area contributed by atoms with E-state index in [9.17, 15) is 18.8 Å². The maximum atomic E-state index is 13.5. The van der Waals surface area contributed by atoms with Crippen molar-refractivity contribution in [1.29, 1.82) is 0 Å². The normalized spacial score (nSPS) is 16.5. The van der Waals surface area contributed by atoms with Crippen molar-refractivity contribution < 1.29 is 28.2 Å². The van der Waals surface area contributed by atoms with Gasteiger partial charge in [-0.1, -0.05) is 11.8 Å². The number of hydrogen-bond acceptors (Lipinski definition) is 8. The molecule has 0 saturated carbocycles. The van der Waals surface area contributed by atoms with Gasteiger partial charge in [-0.15, -0.1) is 10.2 Å². The highest BCUT2D eigenvalue weighted by atomic mass is 32.2. The fraction of sp³-hybridized carbons (Fsp3) is 0.227. The molecule has 3 heterocycles. The molecule has 4 amide bonds. The van der Waals surface area contributed by atoms with Gasteiger partial charge >= 0.3 is 6.03 Å². The first kappa shape index (κ1) is 22.7. The summed E-state index contributed by atoms with van der Waals surface area (Å²) in [7, 11) is 0. The second-order valence-electron chi connectivity index (χ2n) is 7.74. The van der Waals surface area contributed by atoms with E-state index in [4.69, 9.17) is 9.47 Å². The molecular formula is C22H19FN6O5S. The van der Waals surface area contributed by atoms with Crippen molar-refractivity contribution in [2.45, 2.75) is 24.0 Å². The minimum atomic E-state index is -0.575. The largest absolute Gasteiger partial charge is 0.454 e. The molecule has 180 valence electrons. The molecule has 0 radical (unpaired) electrons. The number of thioether (sulfide) groups is 1. The van der Waals surface area contributed by atoms with Crippen LogP contribution in [-0.2, 0) is 16.0 Å². The van der Waals surface area contributed by atoms with Gasteiger partial charge < -0.3 is 20.1 Å². The Morgan fingerprint density at radius 2 is 1.94 bits per heavy atom. The summed E-state index contributed by atoms with van der Waals surface area (Å²) in [5.74, 6) is 0.577. The van der Waals surface area contributed by atoms with Crippen LogP contribution in [0.4, 0.5) is 14.9 Å². The molecule has 1 fully saturated rings. The third kappa shape index (κ3) is 5.19. The zero-order valence-electron chi connectivity index (χ0n) is 18.1. The van der Waals surface area contributed by atoms with Gasteiger partial charge in [0.05, 0.1) is 5.75 Å². The van der Waals surface area contributed by atoms with Gasteiger partial charge in [0.15, 0.2) is 16.7 Å². The monoisotopic (exact) mass is 498 g/mol. The van der Waals surface area contributed by atoms with E-state index in [1.165, 1.54) is 12.1 Å². The fourth-order valence-electron chi connectivity index (χ4n) is 3.69. The molecule has 2 aliphatic rings. The Morgan fingerprint density at radius 3 is 2.74 bits per heavy atom. The Kier molecular flexibility index (Phi) is 6.23. The number of halogens is 1. The maximum absolute atomic E-state index is 13.5. The standard InChI is InChI=1S/C22H19FN6O5S/c23-12-1-4-15(5-2-12)29-18(8-14-9-19(30)26-21(32)25-14)27-28-22(29)35-10-20(31)24-13-3-6-16-17(7-13)34-11-33-16/h1-7,14H,8-11H2,(H,24,31)(H2,25,26,30,32). The van der Waals surface area contributed by atoms with Crippen LogP contribution in [-0.4, -0.2) is 51.2 Å². The number of urea groups is 1. The number of anilines is 1.